The molecule has 1 N–H and O–H groups in total. The van der Waals surface area contributed by atoms with Gasteiger partial charge in [-0.05, 0) is 6.92 Å². The third kappa shape index (κ3) is 2.98. The first-order valence-electron chi connectivity index (χ1n) is 4.83. The minimum atomic E-state index is -2.21. The fourth-order valence-corrected chi connectivity index (χ4v) is 2.16. The first-order chi connectivity index (χ1) is 8.25. The third-order valence-electron chi connectivity index (χ3n) is 2.09. The fourth-order valence-electron chi connectivity index (χ4n) is 1.37. The second-order valence-corrected chi connectivity index (χ2v) is 5.21. The lowest BCUT2D eigenvalue weighted by Crippen LogP contribution is -2.24. The molecule has 2 nitrogen and oxygen atoms in total. The molecule has 0 aromatic heterocycles. The van der Waals surface area contributed by atoms with E-state index in [1.165, 1.54) is 13.2 Å². The molecule has 0 amide bonds. The predicted molar refractivity (Wildman–Crippen MR) is 58.3 cm³/mol. The maximum Gasteiger partial charge on any atom is 0.200 e. The average Bonchev–Trinajstić information content (AvgIpc) is 2.29. The van der Waals surface area contributed by atoms with E-state index in [2.05, 4.69) is 5.32 Å². The molecule has 0 bridgehead atoms. The summed E-state index contributed by atoms with van der Waals surface area (Å²) < 4.78 is 75.8. The van der Waals surface area contributed by atoms with Crippen LogP contribution >= 0.6 is 0 Å². The molecule has 2 atom stereocenters. The molecule has 102 valence electrons. The van der Waals surface area contributed by atoms with Gasteiger partial charge in [-0.1, -0.05) is 0 Å². The Labute approximate surface area is 103 Å². The normalized spacial score (nSPS) is 14.4. The van der Waals surface area contributed by atoms with Gasteiger partial charge < -0.3 is 5.32 Å². The van der Waals surface area contributed by atoms with Gasteiger partial charge in [0.1, 0.15) is 5.69 Å². The molecule has 0 aliphatic rings. The van der Waals surface area contributed by atoms with Crippen molar-refractivity contribution in [2.45, 2.75) is 13.0 Å². The molecule has 0 aliphatic carbocycles. The van der Waals surface area contributed by atoms with E-state index in [0.29, 0.717) is 0 Å². The highest BCUT2D eigenvalue weighted by atomic mass is 32.2. The number of hydrogen-bond acceptors (Lipinski definition) is 2. The molecular weight excluding hydrogens is 277 g/mol. The highest BCUT2D eigenvalue weighted by molar-refractivity contribution is 7.84. The quantitative estimate of drug-likeness (QED) is 0.524. The molecular formula is C10H10F5NOS. The Morgan fingerprint density at radius 3 is 1.78 bits per heavy atom. The lowest BCUT2D eigenvalue weighted by molar-refractivity contribution is 0.381. The summed E-state index contributed by atoms with van der Waals surface area (Å²) in [6.45, 7) is 1.42. The van der Waals surface area contributed by atoms with Gasteiger partial charge in [0, 0.05) is 28.9 Å². The topological polar surface area (TPSA) is 29.1 Å². The first-order valence-corrected chi connectivity index (χ1v) is 6.56. The summed E-state index contributed by atoms with van der Waals surface area (Å²) in [7, 11) is -1.27. The van der Waals surface area contributed by atoms with Crippen LogP contribution in [0.4, 0.5) is 27.6 Å². The van der Waals surface area contributed by atoms with Gasteiger partial charge in [0.25, 0.3) is 0 Å². The van der Waals surface area contributed by atoms with Gasteiger partial charge >= 0.3 is 0 Å². The van der Waals surface area contributed by atoms with Gasteiger partial charge in [0.05, 0.1) is 0 Å². The van der Waals surface area contributed by atoms with E-state index in [-0.39, 0.29) is 5.75 Å². The Morgan fingerprint density at radius 1 is 1.00 bits per heavy atom. The fraction of sp³-hybridized carbons (Fsp3) is 0.400. The maximum absolute atomic E-state index is 13.2. The van der Waals surface area contributed by atoms with Crippen LogP contribution in [0.3, 0.4) is 0 Å². The molecule has 0 spiro atoms. The van der Waals surface area contributed by atoms with Crippen molar-refractivity contribution in [3.8, 4) is 0 Å². The van der Waals surface area contributed by atoms with E-state index in [1.807, 2.05) is 0 Å². The van der Waals surface area contributed by atoms with E-state index in [0.717, 1.165) is 0 Å². The van der Waals surface area contributed by atoms with Crippen molar-refractivity contribution in [3.05, 3.63) is 29.1 Å². The van der Waals surface area contributed by atoms with Gasteiger partial charge in [-0.3, -0.25) is 4.21 Å². The molecule has 1 rings (SSSR count). The van der Waals surface area contributed by atoms with Crippen molar-refractivity contribution in [1.29, 1.82) is 0 Å². The Morgan fingerprint density at radius 2 is 1.39 bits per heavy atom. The highest BCUT2D eigenvalue weighted by Crippen LogP contribution is 2.27. The van der Waals surface area contributed by atoms with Crippen molar-refractivity contribution in [1.82, 2.24) is 0 Å². The van der Waals surface area contributed by atoms with E-state index < -0.39 is 51.6 Å². The largest absolute Gasteiger partial charge is 0.377 e. The maximum atomic E-state index is 13.2. The van der Waals surface area contributed by atoms with Crippen LogP contribution in [0, 0.1) is 29.1 Å². The van der Waals surface area contributed by atoms with E-state index in [9.17, 15) is 26.2 Å². The van der Waals surface area contributed by atoms with Crippen molar-refractivity contribution in [3.63, 3.8) is 0 Å². The number of halogens is 5. The smallest absolute Gasteiger partial charge is 0.200 e. The molecule has 8 heteroatoms. The molecule has 18 heavy (non-hydrogen) atoms. The summed E-state index contributed by atoms with van der Waals surface area (Å²) in [6.07, 6.45) is 1.36. The summed E-state index contributed by atoms with van der Waals surface area (Å²) in [5, 5.41) is 2.13. The number of benzene rings is 1. The molecule has 1 aromatic carbocycles. The summed E-state index contributed by atoms with van der Waals surface area (Å²) in [5.74, 6) is -10.1. The average molecular weight is 287 g/mol. The summed E-state index contributed by atoms with van der Waals surface area (Å²) in [5.41, 5.74) is -1.11. The van der Waals surface area contributed by atoms with Crippen molar-refractivity contribution in [2.24, 2.45) is 0 Å². The second kappa shape index (κ2) is 5.64. The standard InChI is InChI=1S/C10H10F5NOS/c1-4(3-18(2)17)16-10-8(14)6(12)5(11)7(13)9(10)15/h4,16H,3H2,1-2H3. The SMILES string of the molecule is CC(CS(C)=O)Nc1c(F)c(F)c(F)c(F)c1F. The number of anilines is 1. The zero-order valence-electron chi connectivity index (χ0n) is 9.49. The van der Waals surface area contributed by atoms with Gasteiger partial charge in [-0.2, -0.15) is 0 Å². The van der Waals surface area contributed by atoms with Crippen LogP contribution in [0.2, 0.25) is 0 Å². The van der Waals surface area contributed by atoms with Gasteiger partial charge in [-0.15, -0.1) is 0 Å². The molecule has 1 aromatic rings. The summed E-state index contributed by atoms with van der Waals surface area (Å²) in [4.78, 5) is 0. The minimum Gasteiger partial charge on any atom is -0.377 e. The molecule has 0 saturated carbocycles. The molecule has 0 radical (unpaired) electrons. The molecule has 2 unspecified atom stereocenters. The van der Waals surface area contributed by atoms with E-state index in [4.69, 9.17) is 0 Å². The molecule has 0 heterocycles. The van der Waals surface area contributed by atoms with Crippen LogP contribution < -0.4 is 5.32 Å². The van der Waals surface area contributed by atoms with E-state index >= 15 is 0 Å². The number of hydrogen-bond donors (Lipinski definition) is 1. The summed E-state index contributed by atoms with van der Waals surface area (Å²) in [6, 6.07) is -0.705. The Balaban J connectivity index is 3.13. The number of nitrogens with one attached hydrogen (secondary N) is 1. The van der Waals surface area contributed by atoms with Gasteiger partial charge in [0.15, 0.2) is 23.3 Å². The van der Waals surface area contributed by atoms with Crippen molar-refractivity contribution in [2.75, 3.05) is 17.3 Å². The van der Waals surface area contributed by atoms with Crippen LogP contribution in [0.5, 0.6) is 0 Å². The van der Waals surface area contributed by atoms with Gasteiger partial charge in [0.2, 0.25) is 5.82 Å². The zero-order valence-corrected chi connectivity index (χ0v) is 10.3. The van der Waals surface area contributed by atoms with Crippen molar-refractivity contribution < 1.29 is 26.2 Å². The third-order valence-corrected chi connectivity index (χ3v) is 3.05. The number of rotatable bonds is 4. The van der Waals surface area contributed by atoms with Crippen LogP contribution in [0.15, 0.2) is 0 Å². The zero-order chi connectivity index (χ0) is 14.0. The molecule has 0 aliphatic heterocycles. The molecule has 0 saturated heterocycles. The Kier molecular flexibility index (Phi) is 4.66. The first kappa shape index (κ1) is 14.9. The highest BCUT2D eigenvalue weighted by Gasteiger charge is 2.26. The summed E-state index contributed by atoms with van der Waals surface area (Å²) >= 11 is 0. The van der Waals surface area contributed by atoms with Gasteiger partial charge in [-0.25, -0.2) is 22.0 Å². The van der Waals surface area contributed by atoms with Crippen LogP contribution in [-0.4, -0.2) is 22.3 Å². The van der Waals surface area contributed by atoms with Crippen molar-refractivity contribution >= 4 is 16.5 Å². The molecule has 0 fully saturated rings. The Bertz CT molecular complexity index is 465. The van der Waals surface area contributed by atoms with Crippen LogP contribution in [0.25, 0.3) is 0 Å². The lowest BCUT2D eigenvalue weighted by Gasteiger charge is -2.16. The lowest BCUT2D eigenvalue weighted by atomic mass is 10.2. The Hall–Kier alpha value is -1.18. The predicted octanol–water partition coefficient (Wildman–Crippen LogP) is 2.56. The second-order valence-electron chi connectivity index (χ2n) is 3.73. The minimum absolute atomic E-state index is 0.0134. The van der Waals surface area contributed by atoms with Crippen LogP contribution in [-0.2, 0) is 10.8 Å². The van der Waals surface area contributed by atoms with E-state index in [1.54, 1.807) is 0 Å². The van der Waals surface area contributed by atoms with Crippen LogP contribution in [0.1, 0.15) is 6.92 Å². The monoisotopic (exact) mass is 287 g/mol.